The lowest BCUT2D eigenvalue weighted by Gasteiger charge is -2.25. The molecule has 172 valence electrons. The van der Waals surface area contributed by atoms with Crippen LogP contribution in [0.4, 0.5) is 5.69 Å². The maximum absolute atomic E-state index is 13.4. The van der Waals surface area contributed by atoms with Gasteiger partial charge >= 0.3 is 0 Å². The van der Waals surface area contributed by atoms with Gasteiger partial charge in [0, 0.05) is 0 Å². The summed E-state index contributed by atoms with van der Waals surface area (Å²) in [5.74, 6) is 0.164. The Balaban J connectivity index is 1.82. The zero-order chi connectivity index (χ0) is 23.8. The third-order valence-corrected chi connectivity index (χ3v) is 6.75. The molecule has 3 aromatic carbocycles. The molecule has 3 rings (SSSR count). The third-order valence-electron chi connectivity index (χ3n) is 4.98. The van der Waals surface area contributed by atoms with Gasteiger partial charge in [0.15, 0.2) is 0 Å². The van der Waals surface area contributed by atoms with Crippen molar-refractivity contribution >= 4 is 27.8 Å². The summed E-state index contributed by atoms with van der Waals surface area (Å²) in [7, 11) is -2.59. The quantitative estimate of drug-likeness (QED) is 0.380. The number of nitrogens with zero attached hydrogens (tertiary/aromatic N) is 2. The van der Waals surface area contributed by atoms with Gasteiger partial charge in [-0.15, -0.1) is 0 Å². The SMILES string of the molecule is COc1ccccc1N(CC(=O)N/N=C\c1ccc(C(C)C)cc1)S(=O)(=O)c1ccccc1. The van der Waals surface area contributed by atoms with Crippen LogP contribution < -0.4 is 14.5 Å². The van der Waals surface area contributed by atoms with E-state index >= 15 is 0 Å². The van der Waals surface area contributed by atoms with E-state index in [9.17, 15) is 13.2 Å². The molecule has 0 aliphatic heterocycles. The van der Waals surface area contributed by atoms with Crippen molar-refractivity contribution in [2.45, 2.75) is 24.7 Å². The molecule has 0 aliphatic carbocycles. The first-order valence-electron chi connectivity index (χ1n) is 10.5. The highest BCUT2D eigenvalue weighted by Crippen LogP contribution is 2.32. The zero-order valence-electron chi connectivity index (χ0n) is 18.8. The summed E-state index contributed by atoms with van der Waals surface area (Å²) in [5, 5.41) is 3.98. The number of hydrogen-bond donors (Lipinski definition) is 1. The number of rotatable bonds is 9. The number of hydrazone groups is 1. The van der Waals surface area contributed by atoms with Gasteiger partial charge in [-0.25, -0.2) is 13.8 Å². The molecule has 0 fully saturated rings. The summed E-state index contributed by atoms with van der Waals surface area (Å²) in [5.41, 5.74) is 4.69. The van der Waals surface area contributed by atoms with Crippen LogP contribution in [0.1, 0.15) is 30.9 Å². The number of nitrogens with one attached hydrogen (secondary N) is 1. The molecule has 8 heteroatoms. The number of carbonyl (C=O) groups is 1. The Morgan fingerprint density at radius 1 is 1.00 bits per heavy atom. The van der Waals surface area contributed by atoms with Gasteiger partial charge in [0.05, 0.1) is 23.9 Å². The number of methoxy groups -OCH3 is 1. The molecule has 0 aromatic heterocycles. The van der Waals surface area contributed by atoms with Crippen molar-refractivity contribution in [3.63, 3.8) is 0 Å². The minimum Gasteiger partial charge on any atom is -0.495 e. The van der Waals surface area contributed by atoms with E-state index < -0.39 is 22.5 Å². The smallest absolute Gasteiger partial charge is 0.264 e. The van der Waals surface area contributed by atoms with E-state index in [1.807, 2.05) is 24.3 Å². The topological polar surface area (TPSA) is 88.1 Å². The Morgan fingerprint density at radius 2 is 1.64 bits per heavy atom. The molecule has 0 atom stereocenters. The lowest BCUT2D eigenvalue weighted by atomic mass is 10.0. The lowest BCUT2D eigenvalue weighted by Crippen LogP contribution is -2.39. The molecule has 0 unspecified atom stereocenters. The second kappa shape index (κ2) is 10.8. The van der Waals surface area contributed by atoms with Crippen LogP contribution in [0.15, 0.2) is 88.9 Å². The normalized spacial score (nSPS) is 11.5. The van der Waals surface area contributed by atoms with Crippen molar-refractivity contribution in [2.75, 3.05) is 18.0 Å². The summed E-state index contributed by atoms with van der Waals surface area (Å²) < 4.78 is 33.1. The van der Waals surface area contributed by atoms with E-state index in [2.05, 4.69) is 24.4 Å². The summed E-state index contributed by atoms with van der Waals surface area (Å²) >= 11 is 0. The first kappa shape index (κ1) is 24.0. The molecule has 0 bridgehead atoms. The Bertz CT molecular complexity index is 1210. The first-order chi connectivity index (χ1) is 15.8. The van der Waals surface area contributed by atoms with Gasteiger partial charge in [-0.05, 0) is 41.3 Å². The van der Waals surface area contributed by atoms with Gasteiger partial charge in [-0.3, -0.25) is 9.10 Å². The Morgan fingerprint density at radius 3 is 2.27 bits per heavy atom. The van der Waals surface area contributed by atoms with Crippen molar-refractivity contribution in [1.82, 2.24) is 5.43 Å². The van der Waals surface area contributed by atoms with Crippen LogP contribution in [0.2, 0.25) is 0 Å². The average molecular weight is 466 g/mol. The summed E-state index contributed by atoms with van der Waals surface area (Å²) in [6.07, 6.45) is 1.52. The minimum absolute atomic E-state index is 0.0671. The molecule has 7 nitrogen and oxygen atoms in total. The minimum atomic E-state index is -4.03. The molecule has 0 saturated heterocycles. The number of sulfonamides is 1. The number of amides is 1. The van der Waals surface area contributed by atoms with Crippen LogP contribution in [-0.4, -0.2) is 34.2 Å². The van der Waals surface area contributed by atoms with Gasteiger partial charge in [-0.1, -0.05) is 68.4 Å². The highest BCUT2D eigenvalue weighted by molar-refractivity contribution is 7.92. The third kappa shape index (κ3) is 5.98. The van der Waals surface area contributed by atoms with Crippen molar-refractivity contribution < 1.29 is 17.9 Å². The fourth-order valence-corrected chi connectivity index (χ4v) is 4.62. The van der Waals surface area contributed by atoms with Crippen LogP contribution in [0.25, 0.3) is 0 Å². The highest BCUT2D eigenvalue weighted by Gasteiger charge is 2.29. The van der Waals surface area contributed by atoms with E-state index in [1.165, 1.54) is 31.0 Å². The molecule has 0 spiro atoms. The standard InChI is InChI=1S/C25H27N3O4S/c1-19(2)21-15-13-20(14-16-21)17-26-27-25(29)18-28(23-11-7-8-12-24(23)32-3)33(30,31)22-9-5-4-6-10-22/h4-17,19H,18H2,1-3H3,(H,27,29)/b26-17-. The van der Waals surface area contributed by atoms with Crippen LogP contribution >= 0.6 is 0 Å². The molecule has 0 aliphatic rings. The van der Waals surface area contributed by atoms with E-state index in [-0.39, 0.29) is 10.6 Å². The Hall–Kier alpha value is -3.65. The van der Waals surface area contributed by atoms with E-state index in [0.717, 1.165) is 9.87 Å². The maximum Gasteiger partial charge on any atom is 0.264 e. The molecular weight excluding hydrogens is 438 g/mol. The number of para-hydroxylation sites is 2. The van der Waals surface area contributed by atoms with Crippen molar-refractivity contribution in [3.05, 3.63) is 90.0 Å². The second-order valence-electron chi connectivity index (χ2n) is 7.61. The van der Waals surface area contributed by atoms with Gasteiger partial charge < -0.3 is 4.74 Å². The predicted molar refractivity (Wildman–Crippen MR) is 130 cm³/mol. The fourth-order valence-electron chi connectivity index (χ4n) is 3.17. The van der Waals surface area contributed by atoms with Gasteiger partial charge in [-0.2, -0.15) is 5.10 Å². The Labute approximate surface area is 194 Å². The first-order valence-corrected chi connectivity index (χ1v) is 11.9. The average Bonchev–Trinajstić information content (AvgIpc) is 2.83. The van der Waals surface area contributed by atoms with Crippen LogP contribution in [0, 0.1) is 0 Å². The summed E-state index contributed by atoms with van der Waals surface area (Å²) in [6, 6.07) is 22.4. The lowest BCUT2D eigenvalue weighted by molar-refractivity contribution is -0.119. The summed E-state index contributed by atoms with van der Waals surface area (Å²) in [6.45, 7) is 3.75. The fraction of sp³-hybridized carbons (Fsp3) is 0.200. The predicted octanol–water partition coefficient (Wildman–Crippen LogP) is 4.16. The van der Waals surface area contributed by atoms with Crippen LogP contribution in [-0.2, 0) is 14.8 Å². The van der Waals surface area contributed by atoms with Crippen LogP contribution in [0.3, 0.4) is 0 Å². The zero-order valence-corrected chi connectivity index (χ0v) is 19.6. The molecular formula is C25H27N3O4S. The van der Waals surface area contributed by atoms with Gasteiger partial charge in [0.25, 0.3) is 15.9 Å². The van der Waals surface area contributed by atoms with E-state index in [0.29, 0.717) is 11.7 Å². The molecule has 1 amide bonds. The number of carbonyl (C=O) groups excluding carboxylic acids is 1. The number of hydrogen-bond acceptors (Lipinski definition) is 5. The van der Waals surface area contributed by atoms with Crippen molar-refractivity contribution in [3.8, 4) is 5.75 Å². The van der Waals surface area contributed by atoms with E-state index in [4.69, 9.17) is 4.74 Å². The highest BCUT2D eigenvalue weighted by atomic mass is 32.2. The van der Waals surface area contributed by atoms with Crippen LogP contribution in [0.5, 0.6) is 5.75 Å². The molecule has 33 heavy (non-hydrogen) atoms. The summed E-state index contributed by atoms with van der Waals surface area (Å²) in [4.78, 5) is 12.7. The monoisotopic (exact) mass is 465 g/mol. The largest absolute Gasteiger partial charge is 0.495 e. The molecule has 3 aromatic rings. The molecule has 0 radical (unpaired) electrons. The van der Waals surface area contributed by atoms with Gasteiger partial charge in [0.1, 0.15) is 12.3 Å². The number of anilines is 1. The second-order valence-corrected chi connectivity index (χ2v) is 9.47. The molecule has 0 heterocycles. The molecule has 1 N–H and O–H groups in total. The number of benzene rings is 3. The Kier molecular flexibility index (Phi) is 7.84. The van der Waals surface area contributed by atoms with Crippen molar-refractivity contribution in [1.29, 1.82) is 0 Å². The number of ether oxygens (including phenoxy) is 1. The van der Waals surface area contributed by atoms with E-state index in [1.54, 1.807) is 42.5 Å². The molecule has 0 saturated carbocycles. The van der Waals surface area contributed by atoms with Gasteiger partial charge in [0.2, 0.25) is 0 Å². The van der Waals surface area contributed by atoms with Crippen molar-refractivity contribution in [2.24, 2.45) is 5.10 Å². The maximum atomic E-state index is 13.4.